The molecule has 0 unspecified atom stereocenters. The first-order valence-corrected chi connectivity index (χ1v) is 15.1. The van der Waals surface area contributed by atoms with Gasteiger partial charge in [-0.2, -0.15) is 0 Å². The molecule has 0 N–H and O–H groups in total. The van der Waals surface area contributed by atoms with Gasteiger partial charge in [0.1, 0.15) is 0 Å². The van der Waals surface area contributed by atoms with E-state index in [1.165, 1.54) is 77.0 Å². The first kappa shape index (κ1) is 19.1. The lowest BCUT2D eigenvalue weighted by Crippen LogP contribution is -2.56. The van der Waals surface area contributed by atoms with Crippen molar-refractivity contribution in [2.75, 3.05) is 11.9 Å². The standard InChI is InChI=1S/C23H37O3PS/c24-28(25,26)3-1-2-27(22-10-16-4-17(11-22)6-18(5-16)12-22)23-13-19-7-20(14-23)9-21(8-19)15-23/h16-21H,1-15H2,(H,24,25,26)/p-1. The van der Waals surface area contributed by atoms with Crippen LogP contribution in [0.5, 0.6) is 0 Å². The molecule has 0 aromatic carbocycles. The number of rotatable bonds is 6. The third-order valence-electron chi connectivity index (χ3n) is 9.93. The normalized spacial score (nSPS) is 52.3. The minimum absolute atomic E-state index is 0.120. The van der Waals surface area contributed by atoms with Gasteiger partial charge in [-0.1, -0.05) is 7.92 Å². The van der Waals surface area contributed by atoms with Crippen LogP contribution in [0.4, 0.5) is 0 Å². The molecule has 5 heteroatoms. The molecule has 0 heterocycles. The van der Waals surface area contributed by atoms with Gasteiger partial charge in [0.2, 0.25) is 0 Å². The summed E-state index contributed by atoms with van der Waals surface area (Å²) in [5.41, 5.74) is 0. The lowest BCUT2D eigenvalue weighted by molar-refractivity contribution is 0.0185. The molecule has 8 aliphatic rings. The highest BCUT2D eigenvalue weighted by atomic mass is 32.2. The Morgan fingerprint density at radius 3 is 1.29 bits per heavy atom. The molecular weight excluding hydrogens is 387 g/mol. The maximum Gasteiger partial charge on any atom is 0.0946 e. The highest BCUT2D eigenvalue weighted by Crippen LogP contribution is 2.78. The van der Waals surface area contributed by atoms with Gasteiger partial charge in [0.15, 0.2) is 0 Å². The summed E-state index contributed by atoms with van der Waals surface area (Å²) in [6, 6.07) is 0. The number of hydrogen-bond donors (Lipinski definition) is 0. The fraction of sp³-hybridized carbons (Fsp3) is 1.00. The van der Waals surface area contributed by atoms with Crippen LogP contribution in [0.1, 0.15) is 83.5 Å². The average molecular weight is 424 g/mol. The molecule has 3 nitrogen and oxygen atoms in total. The predicted octanol–water partition coefficient (Wildman–Crippen LogP) is 5.34. The highest BCUT2D eigenvalue weighted by molar-refractivity contribution is 7.85. The van der Waals surface area contributed by atoms with Crippen LogP contribution >= 0.6 is 7.92 Å². The summed E-state index contributed by atoms with van der Waals surface area (Å²) >= 11 is 0. The van der Waals surface area contributed by atoms with Crippen LogP contribution < -0.4 is 0 Å². The SMILES string of the molecule is O=S(=O)([O-])CCCP(C12CC3CC(CC(C3)C1)C2)C12CC3CC(CC(C3)C1)C2. The summed E-state index contributed by atoms with van der Waals surface area (Å²) in [6.45, 7) is 0. The Hall–Kier alpha value is 0.340. The first-order valence-electron chi connectivity index (χ1n) is 12.0. The van der Waals surface area contributed by atoms with Crippen molar-refractivity contribution in [3.63, 3.8) is 0 Å². The molecule has 158 valence electrons. The molecule has 0 aliphatic heterocycles. The molecule has 8 rings (SSSR count). The summed E-state index contributed by atoms with van der Waals surface area (Å²) < 4.78 is 34.1. The fourth-order valence-corrected chi connectivity index (χ4v) is 16.2. The zero-order valence-electron chi connectivity index (χ0n) is 17.2. The van der Waals surface area contributed by atoms with Crippen molar-refractivity contribution in [3.05, 3.63) is 0 Å². The zero-order chi connectivity index (χ0) is 19.1. The molecule has 0 atom stereocenters. The van der Waals surface area contributed by atoms with Crippen LogP contribution in [0.25, 0.3) is 0 Å². The van der Waals surface area contributed by atoms with Crippen LogP contribution in [0, 0.1) is 35.5 Å². The quantitative estimate of drug-likeness (QED) is 0.428. The van der Waals surface area contributed by atoms with Crippen molar-refractivity contribution in [2.24, 2.45) is 35.5 Å². The van der Waals surface area contributed by atoms with Crippen LogP contribution in [0.2, 0.25) is 0 Å². The maximum atomic E-state index is 11.4. The van der Waals surface area contributed by atoms with E-state index in [-0.39, 0.29) is 13.7 Å². The summed E-state index contributed by atoms with van der Waals surface area (Å²) in [5, 5.41) is 1.12. The monoisotopic (exact) mass is 423 g/mol. The molecule has 0 radical (unpaired) electrons. The van der Waals surface area contributed by atoms with E-state index in [1.54, 1.807) is 0 Å². The van der Waals surface area contributed by atoms with E-state index in [2.05, 4.69) is 0 Å². The van der Waals surface area contributed by atoms with Gasteiger partial charge < -0.3 is 4.55 Å². The van der Waals surface area contributed by atoms with Crippen LogP contribution in [-0.2, 0) is 10.1 Å². The molecule has 0 aromatic rings. The lowest BCUT2D eigenvalue weighted by atomic mass is 9.55. The molecule has 0 amide bonds. The van der Waals surface area contributed by atoms with Gasteiger partial charge in [0, 0.05) is 5.75 Å². The van der Waals surface area contributed by atoms with Crippen molar-refractivity contribution < 1.29 is 13.0 Å². The van der Waals surface area contributed by atoms with Gasteiger partial charge in [-0.3, -0.25) is 0 Å². The molecule has 28 heavy (non-hydrogen) atoms. The van der Waals surface area contributed by atoms with E-state index < -0.39 is 10.1 Å². The number of hydrogen-bond acceptors (Lipinski definition) is 3. The Kier molecular flexibility index (Phi) is 4.37. The van der Waals surface area contributed by atoms with E-state index in [4.69, 9.17) is 0 Å². The van der Waals surface area contributed by atoms with E-state index in [1.807, 2.05) is 0 Å². The van der Waals surface area contributed by atoms with Gasteiger partial charge >= 0.3 is 0 Å². The van der Waals surface area contributed by atoms with E-state index in [0.717, 1.165) is 41.7 Å². The minimum Gasteiger partial charge on any atom is -0.748 e. The smallest absolute Gasteiger partial charge is 0.0946 e. The van der Waals surface area contributed by atoms with E-state index >= 15 is 0 Å². The summed E-state index contributed by atoms with van der Waals surface area (Å²) in [6.07, 6.45) is 19.4. The van der Waals surface area contributed by atoms with Crippen LogP contribution in [0.15, 0.2) is 0 Å². The summed E-state index contributed by atoms with van der Waals surface area (Å²) in [4.78, 5) is 0. The Morgan fingerprint density at radius 2 is 1.00 bits per heavy atom. The van der Waals surface area contributed by atoms with Crippen molar-refractivity contribution in [3.8, 4) is 0 Å². The Balaban J connectivity index is 1.34. The van der Waals surface area contributed by atoms with Crippen molar-refractivity contribution in [1.82, 2.24) is 0 Å². The van der Waals surface area contributed by atoms with Gasteiger partial charge in [-0.05, 0) is 135 Å². The second-order valence-electron chi connectivity index (χ2n) is 12.1. The minimum atomic E-state index is -4.07. The second kappa shape index (κ2) is 6.42. The molecule has 8 aliphatic carbocycles. The third kappa shape index (κ3) is 3.14. The first-order chi connectivity index (χ1) is 13.3. The topological polar surface area (TPSA) is 57.2 Å². The Bertz CT molecular complexity index is 630. The average Bonchev–Trinajstić information content (AvgIpc) is 2.55. The fourth-order valence-electron chi connectivity index (χ4n) is 10.2. The van der Waals surface area contributed by atoms with Crippen molar-refractivity contribution in [1.29, 1.82) is 0 Å². The molecular formula is C23H36O3PS-. The predicted molar refractivity (Wildman–Crippen MR) is 113 cm³/mol. The molecule has 0 saturated heterocycles. The Morgan fingerprint density at radius 1 is 0.679 bits per heavy atom. The molecule has 0 spiro atoms. The van der Waals surface area contributed by atoms with E-state index in [0.29, 0.717) is 16.7 Å². The lowest BCUT2D eigenvalue weighted by Gasteiger charge is -2.67. The van der Waals surface area contributed by atoms with E-state index in [9.17, 15) is 13.0 Å². The van der Waals surface area contributed by atoms with Gasteiger partial charge in [0.25, 0.3) is 0 Å². The Labute approximate surface area is 172 Å². The largest absolute Gasteiger partial charge is 0.748 e. The zero-order valence-corrected chi connectivity index (χ0v) is 18.9. The van der Waals surface area contributed by atoms with Crippen LogP contribution in [-0.4, -0.2) is 35.2 Å². The van der Waals surface area contributed by atoms with Gasteiger partial charge in [0.05, 0.1) is 10.1 Å². The molecule has 0 aromatic heterocycles. The summed E-state index contributed by atoms with van der Waals surface area (Å²) in [7, 11) is -4.24. The van der Waals surface area contributed by atoms with Crippen LogP contribution in [0.3, 0.4) is 0 Å². The van der Waals surface area contributed by atoms with Gasteiger partial charge in [-0.25, -0.2) is 8.42 Å². The third-order valence-corrected chi connectivity index (χ3v) is 14.9. The van der Waals surface area contributed by atoms with Crippen molar-refractivity contribution >= 4 is 18.0 Å². The second-order valence-corrected chi connectivity index (χ2v) is 16.8. The molecule has 8 fully saturated rings. The highest BCUT2D eigenvalue weighted by Gasteiger charge is 2.62. The van der Waals surface area contributed by atoms with Gasteiger partial charge in [-0.15, -0.1) is 0 Å². The summed E-state index contributed by atoms with van der Waals surface area (Å²) in [5.74, 6) is 5.68. The molecule has 8 bridgehead atoms. The maximum absolute atomic E-state index is 11.4. The molecule has 8 saturated carbocycles. The van der Waals surface area contributed by atoms with Crippen molar-refractivity contribution in [2.45, 2.75) is 93.8 Å².